The van der Waals surface area contributed by atoms with Gasteiger partial charge in [0.05, 0.1) is 17.6 Å². The molecular weight excluding hydrogens is 322 g/mol. The molecule has 25 heavy (non-hydrogen) atoms. The van der Waals surface area contributed by atoms with Gasteiger partial charge in [0.1, 0.15) is 0 Å². The molecule has 3 nitrogen and oxygen atoms in total. The van der Waals surface area contributed by atoms with Crippen LogP contribution in [0.3, 0.4) is 0 Å². The number of imidazole rings is 1. The van der Waals surface area contributed by atoms with Crippen molar-refractivity contribution in [2.45, 2.75) is 6.54 Å². The Morgan fingerprint density at radius 1 is 0.840 bits per heavy atom. The number of nitrogens with one attached hydrogen (secondary N) is 1. The third kappa shape index (κ3) is 2.85. The second kappa shape index (κ2) is 6.02. The maximum Gasteiger partial charge on any atom is 0.326 e. The van der Waals surface area contributed by atoms with Gasteiger partial charge in [-0.3, -0.25) is 4.57 Å². The lowest BCUT2D eigenvalue weighted by molar-refractivity contribution is 0.506. The Labute approximate surface area is 142 Å². The monoisotopic (exact) mass is 336 g/mol. The van der Waals surface area contributed by atoms with Gasteiger partial charge >= 0.3 is 5.69 Å². The summed E-state index contributed by atoms with van der Waals surface area (Å²) in [5.74, 6) is -1.82. The molecule has 1 heterocycles. The summed E-state index contributed by atoms with van der Waals surface area (Å²) in [6, 6.07) is 19.2. The van der Waals surface area contributed by atoms with Crippen LogP contribution in [-0.4, -0.2) is 9.55 Å². The summed E-state index contributed by atoms with van der Waals surface area (Å²) in [7, 11) is 0. The smallest absolute Gasteiger partial charge is 0.306 e. The average molecular weight is 336 g/mol. The molecule has 1 aromatic heterocycles. The molecule has 0 spiro atoms. The molecule has 4 rings (SSSR count). The van der Waals surface area contributed by atoms with Crippen LogP contribution < -0.4 is 5.69 Å². The highest BCUT2D eigenvalue weighted by Gasteiger charge is 2.10. The van der Waals surface area contributed by atoms with E-state index in [1.807, 2.05) is 48.5 Å². The molecule has 1 N–H and O–H groups in total. The molecule has 0 amide bonds. The number of aromatic nitrogens is 2. The zero-order chi connectivity index (χ0) is 17.4. The molecule has 4 aromatic rings. The summed E-state index contributed by atoms with van der Waals surface area (Å²) in [4.78, 5) is 15.1. The number of hydrogen-bond donors (Lipinski definition) is 1. The van der Waals surface area contributed by atoms with Crippen LogP contribution >= 0.6 is 0 Å². The first-order valence-electron chi connectivity index (χ1n) is 7.84. The molecule has 3 aromatic carbocycles. The van der Waals surface area contributed by atoms with Gasteiger partial charge in [0, 0.05) is 0 Å². The highest BCUT2D eigenvalue weighted by Crippen LogP contribution is 2.23. The van der Waals surface area contributed by atoms with Crippen LogP contribution in [0.2, 0.25) is 0 Å². The van der Waals surface area contributed by atoms with Gasteiger partial charge in [0.25, 0.3) is 0 Å². The Bertz CT molecular complexity index is 1110. The summed E-state index contributed by atoms with van der Waals surface area (Å²) in [6.45, 7) is 0.167. The van der Waals surface area contributed by atoms with E-state index in [0.29, 0.717) is 11.1 Å². The zero-order valence-corrected chi connectivity index (χ0v) is 13.2. The highest BCUT2D eigenvalue weighted by atomic mass is 19.2. The number of fused-ring (bicyclic) bond motifs is 1. The molecule has 124 valence electrons. The average Bonchev–Trinajstić information content (AvgIpc) is 2.93. The SMILES string of the molecule is O=c1[nH]c2cc(-c3ccccc3)ccc2n1Cc1ccc(F)c(F)c1. The van der Waals surface area contributed by atoms with Crippen molar-refractivity contribution < 1.29 is 8.78 Å². The Balaban J connectivity index is 1.76. The lowest BCUT2D eigenvalue weighted by Gasteiger charge is -2.06. The Hall–Kier alpha value is -3.21. The number of rotatable bonds is 3. The van der Waals surface area contributed by atoms with E-state index in [-0.39, 0.29) is 12.2 Å². The first-order chi connectivity index (χ1) is 12.1. The van der Waals surface area contributed by atoms with Gasteiger partial charge < -0.3 is 4.98 Å². The maximum absolute atomic E-state index is 13.4. The number of H-pyrrole nitrogens is 1. The van der Waals surface area contributed by atoms with E-state index in [9.17, 15) is 13.6 Å². The minimum atomic E-state index is -0.920. The number of hydrogen-bond acceptors (Lipinski definition) is 1. The third-order valence-corrected chi connectivity index (χ3v) is 4.21. The third-order valence-electron chi connectivity index (χ3n) is 4.21. The van der Waals surface area contributed by atoms with E-state index in [2.05, 4.69) is 4.98 Å². The van der Waals surface area contributed by atoms with Crippen LogP contribution in [-0.2, 0) is 6.54 Å². The molecule has 0 fully saturated rings. The topological polar surface area (TPSA) is 37.8 Å². The van der Waals surface area contributed by atoms with E-state index in [1.54, 1.807) is 0 Å². The summed E-state index contributed by atoms with van der Waals surface area (Å²) in [5.41, 5.74) is 3.70. The normalized spacial score (nSPS) is 11.1. The Morgan fingerprint density at radius 2 is 1.64 bits per heavy atom. The van der Waals surface area contributed by atoms with E-state index in [0.717, 1.165) is 28.8 Å². The fourth-order valence-corrected chi connectivity index (χ4v) is 2.95. The molecule has 0 saturated carbocycles. The molecule has 0 aliphatic rings. The van der Waals surface area contributed by atoms with Gasteiger partial charge in [-0.2, -0.15) is 0 Å². The lowest BCUT2D eigenvalue weighted by atomic mass is 10.1. The first kappa shape index (κ1) is 15.3. The van der Waals surface area contributed by atoms with Crippen molar-refractivity contribution in [2.75, 3.05) is 0 Å². The number of nitrogens with zero attached hydrogens (tertiary/aromatic N) is 1. The minimum Gasteiger partial charge on any atom is -0.306 e. The molecule has 5 heteroatoms. The van der Waals surface area contributed by atoms with Gasteiger partial charge in [-0.25, -0.2) is 13.6 Å². The fraction of sp³-hybridized carbons (Fsp3) is 0.0500. The standard InChI is InChI=1S/C20H14F2N2O/c21-16-8-6-13(10-17(16)22)12-24-19-9-7-15(11-18(19)23-20(24)25)14-4-2-1-3-5-14/h1-11H,12H2,(H,23,25). The van der Waals surface area contributed by atoms with Crippen molar-refractivity contribution in [1.29, 1.82) is 0 Å². The second-order valence-electron chi connectivity index (χ2n) is 5.86. The largest absolute Gasteiger partial charge is 0.326 e. The molecule has 0 aliphatic carbocycles. The first-order valence-corrected chi connectivity index (χ1v) is 7.84. The van der Waals surface area contributed by atoms with Crippen molar-refractivity contribution in [1.82, 2.24) is 9.55 Å². The number of halogens is 2. The van der Waals surface area contributed by atoms with E-state index in [1.165, 1.54) is 10.6 Å². The lowest BCUT2D eigenvalue weighted by Crippen LogP contribution is -2.17. The van der Waals surface area contributed by atoms with Crippen LogP contribution in [0.25, 0.3) is 22.2 Å². The Kier molecular flexibility index (Phi) is 3.69. The molecule has 0 unspecified atom stereocenters. The predicted octanol–water partition coefficient (Wildman–Crippen LogP) is 4.32. The van der Waals surface area contributed by atoms with Crippen LogP contribution in [0.4, 0.5) is 8.78 Å². The molecule has 0 aliphatic heterocycles. The molecular formula is C20H14F2N2O. The van der Waals surface area contributed by atoms with Crippen LogP contribution in [0.15, 0.2) is 71.5 Å². The molecule has 0 atom stereocenters. The highest BCUT2D eigenvalue weighted by molar-refractivity contribution is 5.82. The quantitative estimate of drug-likeness (QED) is 0.594. The van der Waals surface area contributed by atoms with Gasteiger partial charge in [0.15, 0.2) is 11.6 Å². The van der Waals surface area contributed by atoms with Crippen molar-refractivity contribution in [3.63, 3.8) is 0 Å². The summed E-state index contributed by atoms with van der Waals surface area (Å²) < 4.78 is 28.0. The Morgan fingerprint density at radius 3 is 2.40 bits per heavy atom. The summed E-state index contributed by atoms with van der Waals surface area (Å²) >= 11 is 0. The van der Waals surface area contributed by atoms with Crippen molar-refractivity contribution in [2.24, 2.45) is 0 Å². The second-order valence-corrected chi connectivity index (χ2v) is 5.86. The predicted molar refractivity (Wildman–Crippen MR) is 93.5 cm³/mol. The summed E-state index contributed by atoms with van der Waals surface area (Å²) in [6.07, 6.45) is 0. The minimum absolute atomic E-state index is 0.167. The molecule has 0 bridgehead atoms. The number of aromatic amines is 1. The van der Waals surface area contributed by atoms with E-state index < -0.39 is 11.6 Å². The van der Waals surface area contributed by atoms with E-state index in [4.69, 9.17) is 0 Å². The maximum atomic E-state index is 13.4. The van der Waals surface area contributed by atoms with Gasteiger partial charge in [-0.15, -0.1) is 0 Å². The van der Waals surface area contributed by atoms with Crippen molar-refractivity contribution in [3.05, 3.63) is 94.4 Å². The molecule has 0 saturated heterocycles. The summed E-state index contributed by atoms with van der Waals surface area (Å²) in [5, 5.41) is 0. The van der Waals surface area contributed by atoms with E-state index >= 15 is 0 Å². The molecule has 0 radical (unpaired) electrons. The fourth-order valence-electron chi connectivity index (χ4n) is 2.95. The van der Waals surface area contributed by atoms with Gasteiger partial charge in [0.2, 0.25) is 0 Å². The van der Waals surface area contributed by atoms with Gasteiger partial charge in [-0.1, -0.05) is 42.5 Å². The zero-order valence-electron chi connectivity index (χ0n) is 13.2. The van der Waals surface area contributed by atoms with Crippen molar-refractivity contribution in [3.8, 4) is 11.1 Å². The number of benzene rings is 3. The van der Waals surface area contributed by atoms with Crippen LogP contribution in [0, 0.1) is 11.6 Å². The van der Waals surface area contributed by atoms with Gasteiger partial charge in [-0.05, 0) is 41.0 Å². The van der Waals surface area contributed by atoms with Crippen LogP contribution in [0.5, 0.6) is 0 Å². The van der Waals surface area contributed by atoms with Crippen molar-refractivity contribution >= 4 is 11.0 Å². The van der Waals surface area contributed by atoms with Crippen LogP contribution in [0.1, 0.15) is 5.56 Å².